The van der Waals surface area contributed by atoms with Crippen molar-refractivity contribution >= 4 is 16.9 Å². The molecule has 0 fully saturated rings. The third-order valence-electron chi connectivity index (χ3n) is 3.37. The van der Waals surface area contributed by atoms with E-state index in [2.05, 4.69) is 0 Å². The number of halogens is 2. The number of aromatic nitrogens is 1. The van der Waals surface area contributed by atoms with Gasteiger partial charge >= 0.3 is 5.97 Å². The van der Waals surface area contributed by atoms with Crippen LogP contribution in [0.2, 0.25) is 0 Å². The molecule has 1 N–H and O–H groups in total. The minimum atomic E-state index is -1.10. The van der Waals surface area contributed by atoms with Gasteiger partial charge in [0.15, 0.2) is 0 Å². The first-order valence-electron chi connectivity index (χ1n) is 6.31. The molecule has 0 aliphatic carbocycles. The molecule has 0 saturated carbocycles. The van der Waals surface area contributed by atoms with Gasteiger partial charge in [-0.1, -0.05) is 18.2 Å². The van der Waals surface area contributed by atoms with Crippen LogP contribution in [0.3, 0.4) is 0 Å². The van der Waals surface area contributed by atoms with Crippen molar-refractivity contribution in [2.24, 2.45) is 0 Å². The highest BCUT2D eigenvalue weighted by atomic mass is 19.1. The number of benzene rings is 2. The summed E-state index contributed by atoms with van der Waals surface area (Å²) < 4.78 is 28.7. The molecule has 0 unspecified atom stereocenters. The number of rotatable bonds is 3. The molecule has 3 aromatic rings. The second-order valence-electron chi connectivity index (χ2n) is 4.73. The van der Waals surface area contributed by atoms with Gasteiger partial charge in [-0.05, 0) is 24.3 Å². The van der Waals surface area contributed by atoms with Crippen molar-refractivity contribution in [1.29, 1.82) is 0 Å². The fourth-order valence-electron chi connectivity index (χ4n) is 2.38. The molecule has 0 spiro atoms. The number of carbonyl (C=O) groups is 1. The number of aromatic carboxylic acids is 1. The second kappa shape index (κ2) is 5.01. The first-order chi connectivity index (χ1) is 10.1. The van der Waals surface area contributed by atoms with Gasteiger partial charge < -0.3 is 9.67 Å². The average Bonchev–Trinajstić information content (AvgIpc) is 2.80. The summed E-state index contributed by atoms with van der Waals surface area (Å²) in [4.78, 5) is 11.3. The van der Waals surface area contributed by atoms with E-state index in [1.54, 1.807) is 22.8 Å². The van der Waals surface area contributed by atoms with E-state index in [9.17, 15) is 18.7 Å². The molecule has 0 atom stereocenters. The lowest BCUT2D eigenvalue weighted by Crippen LogP contribution is -2.01. The van der Waals surface area contributed by atoms with Gasteiger partial charge in [-0.2, -0.15) is 0 Å². The number of carboxylic acid groups (broad SMARTS) is 1. The molecule has 0 radical (unpaired) electrons. The van der Waals surface area contributed by atoms with Gasteiger partial charge in [-0.25, -0.2) is 13.6 Å². The van der Waals surface area contributed by atoms with Crippen LogP contribution < -0.4 is 0 Å². The lowest BCUT2D eigenvalue weighted by molar-refractivity contribution is 0.0699. The van der Waals surface area contributed by atoms with E-state index in [4.69, 9.17) is 0 Å². The van der Waals surface area contributed by atoms with Crippen molar-refractivity contribution in [1.82, 2.24) is 4.57 Å². The SMILES string of the molecule is O=C(O)c1cn(Cc2ccccc2F)c2cc(F)ccc12. The summed E-state index contributed by atoms with van der Waals surface area (Å²) in [5.41, 5.74) is 0.910. The second-order valence-corrected chi connectivity index (χ2v) is 4.73. The molecule has 21 heavy (non-hydrogen) atoms. The summed E-state index contributed by atoms with van der Waals surface area (Å²) in [5.74, 6) is -1.95. The van der Waals surface area contributed by atoms with Crippen LogP contribution in [0, 0.1) is 11.6 Å². The average molecular weight is 287 g/mol. The zero-order chi connectivity index (χ0) is 15.0. The Morgan fingerprint density at radius 1 is 1.14 bits per heavy atom. The molecule has 0 bridgehead atoms. The Morgan fingerprint density at radius 2 is 1.90 bits per heavy atom. The van der Waals surface area contributed by atoms with Crippen LogP contribution in [0.1, 0.15) is 15.9 Å². The summed E-state index contributed by atoms with van der Waals surface area (Å²) in [6.07, 6.45) is 1.40. The Hall–Kier alpha value is -2.69. The summed E-state index contributed by atoms with van der Waals surface area (Å²) in [6, 6.07) is 10.1. The van der Waals surface area contributed by atoms with E-state index in [0.29, 0.717) is 16.5 Å². The topological polar surface area (TPSA) is 42.2 Å². The Labute approximate surface area is 119 Å². The highest BCUT2D eigenvalue weighted by Gasteiger charge is 2.15. The van der Waals surface area contributed by atoms with Crippen LogP contribution in [0.5, 0.6) is 0 Å². The van der Waals surface area contributed by atoms with E-state index in [-0.39, 0.29) is 17.9 Å². The van der Waals surface area contributed by atoms with E-state index in [1.165, 1.54) is 30.5 Å². The van der Waals surface area contributed by atoms with Crippen molar-refractivity contribution in [3.8, 4) is 0 Å². The zero-order valence-corrected chi connectivity index (χ0v) is 10.9. The Kier molecular flexibility index (Phi) is 3.17. The number of nitrogens with zero attached hydrogens (tertiary/aromatic N) is 1. The third-order valence-corrected chi connectivity index (χ3v) is 3.37. The lowest BCUT2D eigenvalue weighted by atomic mass is 10.2. The molecule has 2 aromatic carbocycles. The molecule has 106 valence electrons. The Morgan fingerprint density at radius 3 is 2.62 bits per heavy atom. The molecule has 5 heteroatoms. The molecule has 0 amide bonds. The fourth-order valence-corrected chi connectivity index (χ4v) is 2.38. The summed E-state index contributed by atoms with van der Waals surface area (Å²) in [6.45, 7) is 0.139. The van der Waals surface area contributed by atoms with Crippen LogP contribution in [0.25, 0.3) is 10.9 Å². The van der Waals surface area contributed by atoms with Crippen LogP contribution in [-0.4, -0.2) is 15.6 Å². The normalized spacial score (nSPS) is 11.0. The van der Waals surface area contributed by atoms with Gasteiger partial charge in [0.25, 0.3) is 0 Å². The molecular weight excluding hydrogens is 276 g/mol. The smallest absolute Gasteiger partial charge is 0.337 e. The number of hydrogen-bond donors (Lipinski definition) is 1. The highest BCUT2D eigenvalue weighted by Crippen LogP contribution is 2.24. The first kappa shape index (κ1) is 13.3. The van der Waals surface area contributed by atoms with E-state index < -0.39 is 11.8 Å². The Bertz CT molecular complexity index is 839. The minimum Gasteiger partial charge on any atom is -0.478 e. The number of carboxylic acids is 1. The molecule has 0 aliphatic heterocycles. The molecule has 0 saturated heterocycles. The van der Waals surface area contributed by atoms with Crippen LogP contribution >= 0.6 is 0 Å². The molecule has 3 nitrogen and oxygen atoms in total. The fraction of sp³-hybridized carbons (Fsp3) is 0.0625. The molecule has 3 rings (SSSR count). The first-order valence-corrected chi connectivity index (χ1v) is 6.31. The number of fused-ring (bicyclic) bond motifs is 1. The van der Waals surface area contributed by atoms with Crippen LogP contribution in [0.4, 0.5) is 8.78 Å². The van der Waals surface area contributed by atoms with E-state index in [0.717, 1.165) is 0 Å². The zero-order valence-electron chi connectivity index (χ0n) is 10.9. The quantitative estimate of drug-likeness (QED) is 0.798. The minimum absolute atomic E-state index is 0.0707. The Balaban J connectivity index is 2.16. The monoisotopic (exact) mass is 287 g/mol. The van der Waals surface area contributed by atoms with Crippen molar-refractivity contribution in [2.45, 2.75) is 6.54 Å². The maximum Gasteiger partial charge on any atom is 0.337 e. The molecule has 0 aliphatic rings. The highest BCUT2D eigenvalue weighted by molar-refractivity contribution is 6.03. The molecule has 1 aromatic heterocycles. The van der Waals surface area contributed by atoms with Gasteiger partial charge in [-0.15, -0.1) is 0 Å². The van der Waals surface area contributed by atoms with Crippen LogP contribution in [0.15, 0.2) is 48.7 Å². The maximum atomic E-state index is 13.7. The molecule has 1 heterocycles. The lowest BCUT2D eigenvalue weighted by Gasteiger charge is -2.06. The largest absolute Gasteiger partial charge is 0.478 e. The maximum absolute atomic E-state index is 13.7. The van der Waals surface area contributed by atoms with Gasteiger partial charge in [0.2, 0.25) is 0 Å². The summed E-state index contributed by atoms with van der Waals surface area (Å²) >= 11 is 0. The summed E-state index contributed by atoms with van der Waals surface area (Å²) in [7, 11) is 0. The van der Waals surface area contributed by atoms with Gasteiger partial charge in [0.1, 0.15) is 11.6 Å². The molecular formula is C16H11F2NO2. The van der Waals surface area contributed by atoms with Crippen molar-refractivity contribution in [2.75, 3.05) is 0 Å². The van der Waals surface area contributed by atoms with Crippen LogP contribution in [-0.2, 0) is 6.54 Å². The number of hydrogen-bond acceptors (Lipinski definition) is 1. The van der Waals surface area contributed by atoms with E-state index in [1.807, 2.05) is 0 Å². The van der Waals surface area contributed by atoms with Crippen molar-refractivity contribution < 1.29 is 18.7 Å². The van der Waals surface area contributed by atoms with Crippen molar-refractivity contribution in [3.63, 3.8) is 0 Å². The van der Waals surface area contributed by atoms with Crippen molar-refractivity contribution in [3.05, 3.63) is 71.4 Å². The summed E-state index contributed by atoms with van der Waals surface area (Å²) in [5, 5.41) is 9.64. The predicted molar refractivity (Wildman–Crippen MR) is 74.4 cm³/mol. The van der Waals surface area contributed by atoms with E-state index >= 15 is 0 Å². The predicted octanol–water partition coefficient (Wildman–Crippen LogP) is 3.67. The van der Waals surface area contributed by atoms with Gasteiger partial charge in [-0.3, -0.25) is 0 Å². The standard InChI is InChI=1S/C16H11F2NO2/c17-11-5-6-12-13(16(20)21)9-19(15(12)7-11)8-10-3-1-2-4-14(10)18/h1-7,9H,8H2,(H,20,21). The van der Waals surface area contributed by atoms with Gasteiger partial charge in [0.05, 0.1) is 17.6 Å². The third kappa shape index (κ3) is 2.38. The van der Waals surface area contributed by atoms with Gasteiger partial charge in [0, 0.05) is 17.1 Å².